The van der Waals surface area contributed by atoms with Crippen molar-refractivity contribution in [3.8, 4) is 6.07 Å². The molecule has 0 aliphatic carbocycles. The zero-order chi connectivity index (χ0) is 13.4. The third-order valence-electron chi connectivity index (χ3n) is 3.27. The SMILES string of the molecule is CCC(C)N(CCOC)Cc1ccc(C#N)cc1. The Morgan fingerprint density at radius 2 is 2.00 bits per heavy atom. The van der Waals surface area contributed by atoms with E-state index in [9.17, 15) is 0 Å². The summed E-state index contributed by atoms with van der Waals surface area (Å²) in [4.78, 5) is 2.41. The molecule has 18 heavy (non-hydrogen) atoms. The molecule has 0 radical (unpaired) electrons. The summed E-state index contributed by atoms with van der Waals surface area (Å²) in [6.45, 7) is 7.03. The topological polar surface area (TPSA) is 36.3 Å². The molecule has 1 unspecified atom stereocenters. The van der Waals surface area contributed by atoms with Crippen LogP contribution in [-0.4, -0.2) is 31.2 Å². The van der Waals surface area contributed by atoms with E-state index >= 15 is 0 Å². The predicted molar refractivity (Wildman–Crippen MR) is 73.2 cm³/mol. The maximum Gasteiger partial charge on any atom is 0.0991 e. The second-order valence-electron chi connectivity index (χ2n) is 4.53. The van der Waals surface area contributed by atoms with Gasteiger partial charge in [-0.05, 0) is 31.0 Å². The molecule has 98 valence electrons. The molecule has 1 rings (SSSR count). The second kappa shape index (κ2) is 7.86. The average Bonchev–Trinajstić information content (AvgIpc) is 2.43. The van der Waals surface area contributed by atoms with Crippen LogP contribution >= 0.6 is 0 Å². The summed E-state index contributed by atoms with van der Waals surface area (Å²) in [7, 11) is 1.73. The standard InChI is InChI=1S/C15H22N2O/c1-4-13(2)17(9-10-18-3)12-15-7-5-14(11-16)6-8-15/h5-8,13H,4,9-10,12H2,1-3H3. The van der Waals surface area contributed by atoms with Crippen molar-refractivity contribution < 1.29 is 4.74 Å². The normalized spacial score (nSPS) is 12.4. The minimum absolute atomic E-state index is 0.538. The summed E-state index contributed by atoms with van der Waals surface area (Å²) < 4.78 is 5.16. The third kappa shape index (κ3) is 4.48. The van der Waals surface area contributed by atoms with Gasteiger partial charge in [0.1, 0.15) is 0 Å². The number of methoxy groups -OCH3 is 1. The molecule has 0 aliphatic rings. The van der Waals surface area contributed by atoms with Gasteiger partial charge in [0.2, 0.25) is 0 Å². The Balaban J connectivity index is 2.66. The summed E-state index contributed by atoms with van der Waals surface area (Å²) in [5, 5.41) is 8.78. The summed E-state index contributed by atoms with van der Waals surface area (Å²) >= 11 is 0. The van der Waals surface area contributed by atoms with Crippen LogP contribution in [0, 0.1) is 11.3 Å². The number of ether oxygens (including phenoxy) is 1. The fourth-order valence-corrected chi connectivity index (χ4v) is 1.84. The zero-order valence-corrected chi connectivity index (χ0v) is 11.5. The van der Waals surface area contributed by atoms with Gasteiger partial charge >= 0.3 is 0 Å². The van der Waals surface area contributed by atoms with E-state index in [1.165, 1.54) is 5.56 Å². The minimum atomic E-state index is 0.538. The van der Waals surface area contributed by atoms with Gasteiger partial charge in [0, 0.05) is 26.2 Å². The quantitative estimate of drug-likeness (QED) is 0.742. The lowest BCUT2D eigenvalue weighted by atomic mass is 10.1. The molecular formula is C15H22N2O. The minimum Gasteiger partial charge on any atom is -0.383 e. The second-order valence-corrected chi connectivity index (χ2v) is 4.53. The van der Waals surface area contributed by atoms with E-state index in [4.69, 9.17) is 10.00 Å². The van der Waals surface area contributed by atoms with Crippen molar-refractivity contribution in [2.45, 2.75) is 32.9 Å². The van der Waals surface area contributed by atoms with E-state index < -0.39 is 0 Å². The van der Waals surface area contributed by atoms with Gasteiger partial charge in [0.05, 0.1) is 18.2 Å². The molecule has 0 fully saturated rings. The molecule has 1 atom stereocenters. The van der Waals surface area contributed by atoms with Gasteiger partial charge < -0.3 is 4.74 Å². The number of nitrogens with zero attached hydrogens (tertiary/aromatic N) is 2. The average molecular weight is 246 g/mol. The first-order chi connectivity index (χ1) is 8.71. The number of benzene rings is 1. The summed E-state index contributed by atoms with van der Waals surface area (Å²) in [5.74, 6) is 0. The lowest BCUT2D eigenvalue weighted by Crippen LogP contribution is -2.34. The van der Waals surface area contributed by atoms with Crippen LogP contribution in [0.3, 0.4) is 0 Å². The highest BCUT2D eigenvalue weighted by Crippen LogP contribution is 2.11. The molecule has 3 heteroatoms. The summed E-state index contributed by atoms with van der Waals surface area (Å²) in [6, 6.07) is 10.5. The van der Waals surface area contributed by atoms with Gasteiger partial charge in [-0.3, -0.25) is 4.90 Å². The van der Waals surface area contributed by atoms with Gasteiger partial charge in [-0.25, -0.2) is 0 Å². The largest absolute Gasteiger partial charge is 0.383 e. The van der Waals surface area contributed by atoms with Crippen LogP contribution in [0.1, 0.15) is 31.4 Å². The highest BCUT2D eigenvalue weighted by atomic mass is 16.5. The van der Waals surface area contributed by atoms with Gasteiger partial charge in [-0.2, -0.15) is 5.26 Å². The van der Waals surface area contributed by atoms with Crippen molar-refractivity contribution in [2.24, 2.45) is 0 Å². The van der Waals surface area contributed by atoms with Crippen LogP contribution in [0.4, 0.5) is 0 Å². The van der Waals surface area contributed by atoms with Crippen LogP contribution < -0.4 is 0 Å². The molecule has 1 aromatic carbocycles. The first-order valence-corrected chi connectivity index (χ1v) is 6.43. The molecule has 0 aromatic heterocycles. The molecule has 0 bridgehead atoms. The first kappa shape index (κ1) is 14.7. The van der Waals surface area contributed by atoms with E-state index in [-0.39, 0.29) is 0 Å². The van der Waals surface area contributed by atoms with E-state index in [0.29, 0.717) is 11.6 Å². The summed E-state index contributed by atoms with van der Waals surface area (Å²) in [6.07, 6.45) is 1.12. The maximum atomic E-state index is 8.78. The van der Waals surface area contributed by atoms with Crippen molar-refractivity contribution >= 4 is 0 Å². The maximum absolute atomic E-state index is 8.78. The fraction of sp³-hybridized carbons (Fsp3) is 0.533. The van der Waals surface area contributed by atoms with Crippen molar-refractivity contribution in [1.82, 2.24) is 4.90 Å². The highest BCUT2D eigenvalue weighted by Gasteiger charge is 2.12. The van der Waals surface area contributed by atoms with Crippen molar-refractivity contribution in [3.63, 3.8) is 0 Å². The Kier molecular flexibility index (Phi) is 6.42. The van der Waals surface area contributed by atoms with Crippen LogP contribution in [0.15, 0.2) is 24.3 Å². The Morgan fingerprint density at radius 1 is 1.33 bits per heavy atom. The Hall–Kier alpha value is -1.37. The molecule has 0 heterocycles. The molecule has 0 amide bonds. The molecule has 1 aromatic rings. The van der Waals surface area contributed by atoms with E-state index in [1.807, 2.05) is 24.3 Å². The first-order valence-electron chi connectivity index (χ1n) is 6.43. The highest BCUT2D eigenvalue weighted by molar-refractivity contribution is 5.31. The number of nitriles is 1. The van der Waals surface area contributed by atoms with Gasteiger partial charge in [-0.15, -0.1) is 0 Å². The van der Waals surface area contributed by atoms with Gasteiger partial charge in [0.15, 0.2) is 0 Å². The molecule has 3 nitrogen and oxygen atoms in total. The predicted octanol–water partition coefficient (Wildman–Crippen LogP) is 2.81. The molecular weight excluding hydrogens is 224 g/mol. The Bertz CT molecular complexity index is 380. The van der Waals surface area contributed by atoms with Crippen molar-refractivity contribution in [1.29, 1.82) is 5.26 Å². The number of hydrogen-bond donors (Lipinski definition) is 0. The molecule has 0 spiro atoms. The smallest absolute Gasteiger partial charge is 0.0991 e. The number of hydrogen-bond acceptors (Lipinski definition) is 3. The van der Waals surface area contributed by atoms with Crippen molar-refractivity contribution in [2.75, 3.05) is 20.3 Å². The van der Waals surface area contributed by atoms with E-state index in [1.54, 1.807) is 7.11 Å². The fourth-order valence-electron chi connectivity index (χ4n) is 1.84. The van der Waals surface area contributed by atoms with Gasteiger partial charge in [0.25, 0.3) is 0 Å². The number of rotatable bonds is 7. The Labute approximate surface area is 110 Å². The lowest BCUT2D eigenvalue weighted by molar-refractivity contribution is 0.118. The van der Waals surface area contributed by atoms with Crippen LogP contribution in [0.2, 0.25) is 0 Å². The van der Waals surface area contributed by atoms with Crippen molar-refractivity contribution in [3.05, 3.63) is 35.4 Å². The van der Waals surface area contributed by atoms with Gasteiger partial charge in [-0.1, -0.05) is 19.1 Å². The lowest BCUT2D eigenvalue weighted by Gasteiger charge is -2.28. The molecule has 0 aliphatic heterocycles. The molecule has 0 saturated carbocycles. The monoisotopic (exact) mass is 246 g/mol. The molecule has 0 N–H and O–H groups in total. The van der Waals surface area contributed by atoms with Crippen LogP contribution in [-0.2, 0) is 11.3 Å². The van der Waals surface area contributed by atoms with E-state index in [2.05, 4.69) is 24.8 Å². The molecule has 0 saturated heterocycles. The van der Waals surface area contributed by atoms with Crippen LogP contribution in [0.5, 0.6) is 0 Å². The zero-order valence-electron chi connectivity index (χ0n) is 11.5. The van der Waals surface area contributed by atoms with Crippen LogP contribution in [0.25, 0.3) is 0 Å². The van der Waals surface area contributed by atoms with E-state index in [0.717, 1.165) is 26.1 Å². The Morgan fingerprint density at radius 3 is 2.50 bits per heavy atom. The third-order valence-corrected chi connectivity index (χ3v) is 3.27. The summed E-state index contributed by atoms with van der Waals surface area (Å²) in [5.41, 5.74) is 1.95.